The largest absolute Gasteiger partial charge is 0.501 e. The fourth-order valence-corrected chi connectivity index (χ4v) is 4.18. The molecular formula is C34H38IrNO3-. The molecule has 0 aliphatic carbocycles. The summed E-state index contributed by atoms with van der Waals surface area (Å²) in [7, 11) is 0. The number of pyridine rings is 1. The first kappa shape index (κ1) is 30.7. The molecule has 5 rings (SSSR count). The van der Waals surface area contributed by atoms with Crippen LogP contribution in [0.2, 0.25) is 0 Å². The van der Waals surface area contributed by atoms with E-state index in [4.69, 9.17) is 4.42 Å². The summed E-state index contributed by atoms with van der Waals surface area (Å²) >= 11 is 0. The van der Waals surface area contributed by atoms with Gasteiger partial charge in [0, 0.05) is 38.1 Å². The molecular weight excluding hydrogens is 663 g/mol. The normalized spacial score (nSPS) is 13.3. The van der Waals surface area contributed by atoms with Crippen LogP contribution in [0.1, 0.15) is 48.0 Å². The predicted molar refractivity (Wildman–Crippen MR) is 157 cm³/mol. The Morgan fingerprint density at radius 1 is 0.769 bits per heavy atom. The Kier molecular flexibility index (Phi) is 9.90. The Morgan fingerprint density at radius 2 is 1.38 bits per heavy atom. The molecule has 2 unspecified atom stereocenters. The monoisotopic (exact) mass is 701 g/mol. The van der Waals surface area contributed by atoms with E-state index in [2.05, 4.69) is 35.3 Å². The van der Waals surface area contributed by atoms with E-state index in [0.29, 0.717) is 6.42 Å². The molecule has 0 fully saturated rings. The van der Waals surface area contributed by atoms with E-state index in [-0.39, 0.29) is 30.9 Å². The van der Waals surface area contributed by atoms with E-state index < -0.39 is 12.2 Å². The fraction of sp³-hybridized carbons (Fsp3) is 0.324. The third-order valence-electron chi connectivity index (χ3n) is 6.91. The van der Waals surface area contributed by atoms with Crippen LogP contribution in [0.15, 0.2) is 89.5 Å². The quantitative estimate of drug-likeness (QED) is 0.185. The molecule has 2 aromatic heterocycles. The zero-order valence-electron chi connectivity index (χ0n) is 23.5. The van der Waals surface area contributed by atoms with Gasteiger partial charge in [-0.2, -0.15) is 0 Å². The minimum Gasteiger partial charge on any atom is -0.501 e. The standard InChI is InChI=1S/C23H14NO.C11H24O2.Ir/c1-2-7-16(8-3-1)17-13-14-24-21(15-17)20-11-6-10-19-18-9-4-5-12-22(18)25-23(19)20;1-10(2,3)8(12)7-9(13)11(4,5)6;/h1-10,12-15H;8-9,12-13H,7H2,1-6H3;/q-1;;. The molecule has 0 spiro atoms. The summed E-state index contributed by atoms with van der Waals surface area (Å²) in [5.41, 5.74) is 5.49. The molecule has 207 valence electrons. The molecule has 0 aliphatic heterocycles. The molecule has 0 saturated heterocycles. The number of aliphatic hydroxyl groups excluding tert-OH is 2. The Balaban J connectivity index is 0.000000260. The van der Waals surface area contributed by atoms with Gasteiger partial charge in [0.05, 0.1) is 17.8 Å². The van der Waals surface area contributed by atoms with Crippen molar-refractivity contribution < 1.29 is 34.7 Å². The average molecular weight is 701 g/mol. The minimum atomic E-state index is -0.443. The van der Waals surface area contributed by atoms with E-state index in [1.54, 1.807) is 0 Å². The number of rotatable bonds is 4. The van der Waals surface area contributed by atoms with Crippen LogP contribution >= 0.6 is 0 Å². The summed E-state index contributed by atoms with van der Waals surface area (Å²) < 4.78 is 6.11. The number of furan rings is 1. The van der Waals surface area contributed by atoms with Crippen molar-refractivity contribution in [3.05, 3.63) is 91.1 Å². The van der Waals surface area contributed by atoms with Gasteiger partial charge in [-0.15, -0.1) is 18.2 Å². The van der Waals surface area contributed by atoms with Crippen LogP contribution < -0.4 is 0 Å². The first-order valence-electron chi connectivity index (χ1n) is 13.1. The zero-order chi connectivity index (χ0) is 27.5. The van der Waals surface area contributed by atoms with Crippen LogP contribution in [0.25, 0.3) is 44.3 Å². The second kappa shape index (κ2) is 12.6. The molecule has 0 saturated carbocycles. The first-order valence-corrected chi connectivity index (χ1v) is 13.1. The number of aromatic nitrogens is 1. The third-order valence-corrected chi connectivity index (χ3v) is 6.91. The van der Waals surface area contributed by atoms with Crippen LogP contribution in [0.3, 0.4) is 0 Å². The summed E-state index contributed by atoms with van der Waals surface area (Å²) in [6, 6.07) is 29.8. The summed E-state index contributed by atoms with van der Waals surface area (Å²) in [4.78, 5) is 4.56. The SMILES string of the molecule is CC(C)(C)C(O)CC(O)C(C)(C)C.[Ir].[c-]1ccc2c(oc3ccccc32)c1-c1cc(-c2ccccc2)ccn1. The van der Waals surface area contributed by atoms with Gasteiger partial charge in [0.25, 0.3) is 0 Å². The molecule has 2 heterocycles. The molecule has 3 aromatic carbocycles. The van der Waals surface area contributed by atoms with Crippen molar-refractivity contribution >= 4 is 21.9 Å². The molecule has 5 aromatic rings. The Labute approximate surface area is 245 Å². The Bertz CT molecular complexity index is 1480. The van der Waals surface area contributed by atoms with Crippen molar-refractivity contribution in [1.82, 2.24) is 4.98 Å². The maximum absolute atomic E-state index is 9.76. The van der Waals surface area contributed by atoms with Gasteiger partial charge < -0.3 is 19.6 Å². The maximum atomic E-state index is 9.76. The van der Waals surface area contributed by atoms with Crippen molar-refractivity contribution in [3.63, 3.8) is 0 Å². The molecule has 0 amide bonds. The number of aliphatic hydroxyl groups is 2. The number of hydrogen-bond donors (Lipinski definition) is 2. The van der Waals surface area contributed by atoms with Crippen molar-refractivity contribution in [3.8, 4) is 22.4 Å². The number of fused-ring (bicyclic) bond motifs is 3. The van der Waals surface area contributed by atoms with Gasteiger partial charge in [0.2, 0.25) is 0 Å². The van der Waals surface area contributed by atoms with Crippen molar-refractivity contribution in [2.75, 3.05) is 0 Å². The Hall–Kier alpha value is -2.82. The molecule has 0 bridgehead atoms. The van der Waals surface area contributed by atoms with Crippen molar-refractivity contribution in [2.45, 2.75) is 60.2 Å². The molecule has 5 heteroatoms. The minimum absolute atomic E-state index is 0. The van der Waals surface area contributed by atoms with E-state index in [9.17, 15) is 10.2 Å². The van der Waals surface area contributed by atoms with Gasteiger partial charge in [-0.3, -0.25) is 0 Å². The smallest absolute Gasteiger partial charge is 0.120 e. The molecule has 4 nitrogen and oxygen atoms in total. The Morgan fingerprint density at radius 3 is 2.03 bits per heavy atom. The molecule has 2 N–H and O–H groups in total. The van der Waals surface area contributed by atoms with Crippen LogP contribution in [-0.2, 0) is 20.1 Å². The van der Waals surface area contributed by atoms with Crippen LogP contribution in [-0.4, -0.2) is 27.4 Å². The summed E-state index contributed by atoms with van der Waals surface area (Å²) in [5, 5.41) is 21.7. The summed E-state index contributed by atoms with van der Waals surface area (Å²) in [5.74, 6) is 0. The summed E-state index contributed by atoms with van der Waals surface area (Å²) in [6.45, 7) is 11.9. The van der Waals surface area contributed by atoms with E-state index in [1.165, 1.54) is 5.56 Å². The maximum Gasteiger partial charge on any atom is 0.120 e. The number of nitrogens with zero attached hydrogens (tertiary/aromatic N) is 1. The number of hydrogen-bond acceptors (Lipinski definition) is 4. The number of benzene rings is 3. The van der Waals surface area contributed by atoms with Gasteiger partial charge in [-0.1, -0.05) is 107 Å². The second-order valence-electron chi connectivity index (χ2n) is 12.0. The number of para-hydroxylation sites is 1. The van der Waals surface area contributed by atoms with Gasteiger partial charge in [-0.05, 0) is 39.8 Å². The van der Waals surface area contributed by atoms with Crippen LogP contribution in [0, 0.1) is 16.9 Å². The van der Waals surface area contributed by atoms with E-state index in [1.807, 2.05) is 102 Å². The van der Waals surface area contributed by atoms with Gasteiger partial charge >= 0.3 is 0 Å². The van der Waals surface area contributed by atoms with Crippen LogP contribution in [0.4, 0.5) is 0 Å². The average Bonchev–Trinajstić information content (AvgIpc) is 3.27. The van der Waals surface area contributed by atoms with Gasteiger partial charge in [0.15, 0.2) is 0 Å². The van der Waals surface area contributed by atoms with Gasteiger partial charge in [0.1, 0.15) is 5.58 Å². The predicted octanol–water partition coefficient (Wildman–Crippen LogP) is 8.30. The topological polar surface area (TPSA) is 66.5 Å². The third kappa shape index (κ3) is 7.43. The van der Waals surface area contributed by atoms with Crippen molar-refractivity contribution in [1.29, 1.82) is 0 Å². The van der Waals surface area contributed by atoms with Gasteiger partial charge in [-0.25, -0.2) is 0 Å². The van der Waals surface area contributed by atoms with Crippen molar-refractivity contribution in [2.24, 2.45) is 10.8 Å². The van der Waals surface area contributed by atoms with E-state index in [0.717, 1.165) is 38.8 Å². The second-order valence-corrected chi connectivity index (χ2v) is 12.0. The molecule has 0 aliphatic rings. The van der Waals surface area contributed by atoms with E-state index >= 15 is 0 Å². The zero-order valence-corrected chi connectivity index (χ0v) is 25.9. The fourth-order valence-electron chi connectivity index (χ4n) is 4.18. The first-order chi connectivity index (χ1) is 17.9. The van der Waals surface area contributed by atoms with Crippen LogP contribution in [0.5, 0.6) is 0 Å². The molecule has 2 atom stereocenters. The summed E-state index contributed by atoms with van der Waals surface area (Å²) in [6.07, 6.45) is 1.41. The molecule has 39 heavy (non-hydrogen) atoms. The molecule has 1 radical (unpaired) electrons.